The summed E-state index contributed by atoms with van der Waals surface area (Å²) in [6.07, 6.45) is 1.95. The van der Waals surface area contributed by atoms with Crippen LogP contribution in [0.2, 0.25) is 0 Å². The summed E-state index contributed by atoms with van der Waals surface area (Å²) in [5, 5.41) is 3.91. The van der Waals surface area contributed by atoms with Gasteiger partial charge in [-0.3, -0.25) is 4.79 Å². The summed E-state index contributed by atoms with van der Waals surface area (Å²) in [7, 11) is 1.36. The molecule has 0 spiro atoms. The highest BCUT2D eigenvalue weighted by atomic mass is 32.1. The van der Waals surface area contributed by atoms with Gasteiger partial charge < -0.3 is 9.64 Å². The molecule has 0 radical (unpaired) electrons. The van der Waals surface area contributed by atoms with Crippen molar-refractivity contribution in [3.8, 4) is 0 Å². The molecule has 1 aliphatic rings. The maximum Gasteiger partial charge on any atom is 0.328 e. The first-order chi connectivity index (χ1) is 8.22. The molecule has 1 aliphatic heterocycles. The largest absolute Gasteiger partial charge is 0.467 e. The van der Waals surface area contributed by atoms with Crippen molar-refractivity contribution in [1.29, 1.82) is 0 Å². The molecular formula is C12H15NO3S. The lowest BCUT2D eigenvalue weighted by Gasteiger charge is -2.22. The molecule has 1 aromatic heterocycles. The monoisotopic (exact) mass is 253 g/mol. The third-order valence-corrected chi connectivity index (χ3v) is 3.71. The minimum Gasteiger partial charge on any atom is -0.467 e. The normalized spacial score (nSPS) is 19.4. The second kappa shape index (κ2) is 5.31. The Labute approximate surface area is 104 Å². The van der Waals surface area contributed by atoms with E-state index in [4.69, 9.17) is 4.74 Å². The molecule has 0 saturated carbocycles. The Morgan fingerprint density at radius 3 is 3.06 bits per heavy atom. The van der Waals surface area contributed by atoms with Gasteiger partial charge >= 0.3 is 5.97 Å². The van der Waals surface area contributed by atoms with Crippen LogP contribution in [0.15, 0.2) is 16.8 Å². The van der Waals surface area contributed by atoms with Crippen molar-refractivity contribution in [3.63, 3.8) is 0 Å². The number of carbonyl (C=O) groups excluding carboxylic acids is 2. The lowest BCUT2D eigenvalue weighted by atomic mass is 10.2. The highest BCUT2D eigenvalue weighted by Crippen LogP contribution is 2.20. The molecule has 17 heavy (non-hydrogen) atoms. The summed E-state index contributed by atoms with van der Waals surface area (Å²) in [5.41, 5.74) is 1.01. The van der Waals surface area contributed by atoms with Gasteiger partial charge in [0.15, 0.2) is 0 Å². The van der Waals surface area contributed by atoms with E-state index in [-0.39, 0.29) is 17.9 Å². The number of amides is 1. The lowest BCUT2D eigenvalue weighted by Crippen LogP contribution is -2.41. The van der Waals surface area contributed by atoms with Gasteiger partial charge in [-0.2, -0.15) is 11.3 Å². The smallest absolute Gasteiger partial charge is 0.328 e. The van der Waals surface area contributed by atoms with E-state index in [1.54, 1.807) is 16.2 Å². The number of carbonyl (C=O) groups is 2. The third-order valence-electron chi connectivity index (χ3n) is 2.98. The zero-order valence-corrected chi connectivity index (χ0v) is 10.5. The molecule has 4 nitrogen and oxygen atoms in total. The number of thiophene rings is 1. The van der Waals surface area contributed by atoms with Crippen molar-refractivity contribution < 1.29 is 14.3 Å². The molecule has 2 rings (SSSR count). The number of esters is 1. The zero-order valence-electron chi connectivity index (χ0n) is 9.72. The van der Waals surface area contributed by atoms with E-state index in [0.29, 0.717) is 19.4 Å². The Hall–Kier alpha value is -1.36. The van der Waals surface area contributed by atoms with Crippen LogP contribution >= 0.6 is 11.3 Å². The number of hydrogen-bond donors (Lipinski definition) is 0. The van der Waals surface area contributed by atoms with Crippen LogP contribution < -0.4 is 0 Å². The zero-order chi connectivity index (χ0) is 12.3. The van der Waals surface area contributed by atoms with Crippen molar-refractivity contribution in [3.05, 3.63) is 22.4 Å². The van der Waals surface area contributed by atoms with Crippen LogP contribution in [-0.2, 0) is 20.7 Å². The average molecular weight is 253 g/mol. The Balaban J connectivity index is 2.01. The first kappa shape index (κ1) is 12.1. The van der Waals surface area contributed by atoms with Gasteiger partial charge in [0.25, 0.3) is 0 Å². The van der Waals surface area contributed by atoms with Crippen molar-refractivity contribution in [2.24, 2.45) is 0 Å². The SMILES string of the molecule is COC(=O)C1CCCN1C(=O)Cc1ccsc1. The maximum atomic E-state index is 12.1. The molecule has 92 valence electrons. The van der Waals surface area contributed by atoms with E-state index in [1.165, 1.54) is 7.11 Å². The molecule has 1 unspecified atom stereocenters. The number of hydrogen-bond acceptors (Lipinski definition) is 4. The summed E-state index contributed by atoms with van der Waals surface area (Å²) in [5.74, 6) is -0.294. The summed E-state index contributed by atoms with van der Waals surface area (Å²) in [6.45, 7) is 0.655. The van der Waals surface area contributed by atoms with Crippen molar-refractivity contribution in [2.75, 3.05) is 13.7 Å². The van der Waals surface area contributed by atoms with Gasteiger partial charge in [0.2, 0.25) is 5.91 Å². The molecule has 2 heterocycles. The predicted molar refractivity (Wildman–Crippen MR) is 64.8 cm³/mol. The van der Waals surface area contributed by atoms with Crippen molar-refractivity contribution in [2.45, 2.75) is 25.3 Å². The second-order valence-electron chi connectivity index (χ2n) is 4.08. The van der Waals surface area contributed by atoms with E-state index >= 15 is 0 Å². The van der Waals surface area contributed by atoms with Crippen LogP contribution in [-0.4, -0.2) is 36.5 Å². The van der Waals surface area contributed by atoms with Gasteiger partial charge in [0.05, 0.1) is 13.5 Å². The van der Waals surface area contributed by atoms with Gasteiger partial charge in [-0.1, -0.05) is 0 Å². The third kappa shape index (κ3) is 2.66. The van der Waals surface area contributed by atoms with Gasteiger partial charge in [-0.25, -0.2) is 4.79 Å². The molecule has 0 aromatic carbocycles. The number of rotatable bonds is 3. The molecule has 1 fully saturated rings. The minimum absolute atomic E-state index is 0.0105. The quantitative estimate of drug-likeness (QED) is 0.766. The fourth-order valence-corrected chi connectivity index (χ4v) is 2.78. The maximum absolute atomic E-state index is 12.1. The number of methoxy groups -OCH3 is 1. The number of likely N-dealkylation sites (tertiary alicyclic amines) is 1. The average Bonchev–Trinajstić information content (AvgIpc) is 2.97. The molecule has 0 aliphatic carbocycles. The Morgan fingerprint density at radius 2 is 2.41 bits per heavy atom. The number of ether oxygens (including phenoxy) is 1. The first-order valence-corrected chi connectivity index (χ1v) is 6.55. The molecule has 1 amide bonds. The standard InChI is InChI=1S/C12H15NO3S/c1-16-12(15)10-3-2-5-13(10)11(14)7-9-4-6-17-8-9/h4,6,8,10H,2-3,5,7H2,1H3. The fourth-order valence-electron chi connectivity index (χ4n) is 2.12. The predicted octanol–water partition coefficient (Wildman–Crippen LogP) is 1.45. The molecule has 1 saturated heterocycles. The van der Waals surface area contributed by atoms with Gasteiger partial charge in [-0.15, -0.1) is 0 Å². The van der Waals surface area contributed by atoms with Crippen LogP contribution in [0.25, 0.3) is 0 Å². The van der Waals surface area contributed by atoms with E-state index < -0.39 is 0 Å². The first-order valence-electron chi connectivity index (χ1n) is 5.60. The van der Waals surface area contributed by atoms with Crippen molar-refractivity contribution >= 4 is 23.2 Å². The Bertz CT molecular complexity index is 402. The highest BCUT2D eigenvalue weighted by Gasteiger charge is 2.34. The van der Waals surface area contributed by atoms with E-state index in [1.807, 2.05) is 16.8 Å². The van der Waals surface area contributed by atoms with Crippen molar-refractivity contribution in [1.82, 2.24) is 4.90 Å². The van der Waals surface area contributed by atoms with E-state index in [9.17, 15) is 9.59 Å². The van der Waals surface area contributed by atoms with Gasteiger partial charge in [-0.05, 0) is 35.2 Å². The minimum atomic E-state index is -0.383. The van der Waals surface area contributed by atoms with Crippen LogP contribution in [0.3, 0.4) is 0 Å². The van der Waals surface area contributed by atoms with Gasteiger partial charge in [0.1, 0.15) is 6.04 Å². The van der Waals surface area contributed by atoms with Crippen LogP contribution in [0, 0.1) is 0 Å². The molecule has 1 aromatic rings. The van der Waals surface area contributed by atoms with E-state index in [0.717, 1.165) is 12.0 Å². The van der Waals surface area contributed by atoms with Crippen LogP contribution in [0.1, 0.15) is 18.4 Å². The summed E-state index contributed by atoms with van der Waals surface area (Å²) >= 11 is 1.57. The summed E-state index contributed by atoms with van der Waals surface area (Å²) in [4.78, 5) is 25.2. The summed E-state index contributed by atoms with van der Waals surface area (Å²) < 4.78 is 4.72. The summed E-state index contributed by atoms with van der Waals surface area (Å²) in [6, 6.07) is 1.55. The number of nitrogens with zero attached hydrogens (tertiary/aromatic N) is 1. The van der Waals surface area contributed by atoms with Crippen LogP contribution in [0.4, 0.5) is 0 Å². The lowest BCUT2D eigenvalue weighted by molar-refractivity contribution is -0.150. The topological polar surface area (TPSA) is 46.6 Å². The molecule has 1 atom stereocenters. The molecule has 0 bridgehead atoms. The molecule has 5 heteroatoms. The Kier molecular flexibility index (Phi) is 3.78. The Morgan fingerprint density at radius 1 is 1.59 bits per heavy atom. The fraction of sp³-hybridized carbons (Fsp3) is 0.500. The molecular weight excluding hydrogens is 238 g/mol. The highest BCUT2D eigenvalue weighted by molar-refractivity contribution is 7.07. The van der Waals surface area contributed by atoms with Gasteiger partial charge in [0, 0.05) is 6.54 Å². The van der Waals surface area contributed by atoms with E-state index in [2.05, 4.69) is 0 Å². The molecule has 0 N–H and O–H groups in total. The van der Waals surface area contributed by atoms with Crippen LogP contribution in [0.5, 0.6) is 0 Å². The second-order valence-corrected chi connectivity index (χ2v) is 4.86.